The van der Waals surface area contributed by atoms with Gasteiger partial charge in [0.1, 0.15) is 6.10 Å². The molecule has 34 heavy (non-hydrogen) atoms. The van der Waals surface area contributed by atoms with Crippen LogP contribution in [0.4, 0.5) is 10.6 Å². The maximum absolute atomic E-state index is 12.4. The third-order valence-corrected chi connectivity index (χ3v) is 7.26. The van der Waals surface area contributed by atoms with Crippen molar-refractivity contribution in [1.82, 2.24) is 25.0 Å². The number of benzene rings is 1. The largest absolute Gasteiger partial charge is 0.482 e. The molecule has 2 atom stereocenters. The Labute approximate surface area is 204 Å². The number of ether oxygens (including phenoxy) is 1. The number of hydrogen-bond donors (Lipinski definition) is 2. The molecule has 0 bridgehead atoms. The summed E-state index contributed by atoms with van der Waals surface area (Å²) in [7, 11) is 0. The Hall–Kier alpha value is -3.26. The van der Waals surface area contributed by atoms with Gasteiger partial charge in [0.2, 0.25) is 0 Å². The van der Waals surface area contributed by atoms with Crippen LogP contribution in [0.3, 0.4) is 0 Å². The van der Waals surface area contributed by atoms with E-state index in [-0.39, 0.29) is 17.6 Å². The van der Waals surface area contributed by atoms with E-state index >= 15 is 0 Å². The van der Waals surface area contributed by atoms with Gasteiger partial charge in [0.25, 0.3) is 0 Å². The van der Waals surface area contributed by atoms with E-state index < -0.39 is 0 Å². The van der Waals surface area contributed by atoms with Crippen molar-refractivity contribution in [1.29, 1.82) is 0 Å². The highest BCUT2D eigenvalue weighted by Crippen LogP contribution is 2.44. The lowest BCUT2D eigenvalue weighted by molar-refractivity contribution is 0.206. The molecule has 0 radical (unpaired) electrons. The molecule has 3 aromatic rings. The summed E-state index contributed by atoms with van der Waals surface area (Å²) in [5, 5.41) is 8.41. The molecular weight excluding hydrogens is 452 g/mol. The molecule has 2 aromatic heterocycles. The van der Waals surface area contributed by atoms with Crippen LogP contribution in [0.1, 0.15) is 44.1 Å². The van der Waals surface area contributed by atoms with Crippen LogP contribution in [0.25, 0.3) is 11.3 Å². The van der Waals surface area contributed by atoms with Gasteiger partial charge in [-0.05, 0) is 44.9 Å². The summed E-state index contributed by atoms with van der Waals surface area (Å²) < 4.78 is 8.22. The van der Waals surface area contributed by atoms with E-state index in [9.17, 15) is 4.79 Å². The maximum atomic E-state index is 12.4. The fourth-order valence-corrected chi connectivity index (χ4v) is 5.36. The molecule has 1 unspecified atom stereocenters. The van der Waals surface area contributed by atoms with Crippen molar-refractivity contribution >= 4 is 23.4 Å². The second-order valence-corrected chi connectivity index (χ2v) is 9.47. The fourth-order valence-electron chi connectivity index (χ4n) is 5.07. The zero-order valence-corrected chi connectivity index (χ0v) is 20.2. The third-order valence-electron chi connectivity index (χ3n) is 6.92. The highest BCUT2D eigenvalue weighted by atomic mass is 35.5. The topological polar surface area (TPSA) is 98.3 Å². The van der Waals surface area contributed by atoms with Gasteiger partial charge >= 0.3 is 6.03 Å². The van der Waals surface area contributed by atoms with Crippen molar-refractivity contribution in [3.63, 3.8) is 0 Å². The molecule has 4 heterocycles. The second kappa shape index (κ2) is 8.83. The number of pyridine rings is 1. The van der Waals surface area contributed by atoms with E-state index in [1.165, 1.54) is 5.69 Å². The van der Waals surface area contributed by atoms with Gasteiger partial charge < -0.3 is 20.7 Å². The number of carbonyl (C=O) groups excluding carboxylic acids is 1. The number of nitrogen functional groups attached to an aromatic ring is 1. The molecule has 8 nitrogen and oxygen atoms in total. The average molecular weight is 481 g/mol. The lowest BCUT2D eigenvalue weighted by Gasteiger charge is -2.23. The molecule has 2 aliphatic heterocycles. The summed E-state index contributed by atoms with van der Waals surface area (Å²) >= 11 is 6.33. The Kier molecular flexibility index (Phi) is 5.85. The fraction of sp³-hybridized carbons (Fsp3) is 0.400. The Morgan fingerprint density at radius 2 is 2.09 bits per heavy atom. The van der Waals surface area contributed by atoms with Gasteiger partial charge in [-0.2, -0.15) is 5.10 Å². The Bertz CT molecular complexity index is 1230. The van der Waals surface area contributed by atoms with Crippen LogP contribution in [-0.2, 0) is 12.0 Å². The standard InChI is InChI=1S/C25H29ClN6O2/c1-3-28-24(33)31-10-8-25(15-31)9-11-32-22(25)13-20(30-32)17-12-21(23(27)29-14-17)34-16(2)18-6-4-5-7-19(18)26/h4-7,12-14,16H,3,8-11,15H2,1-2H3,(H2,27,29)(H,28,33)/t16-,25?/m1/s1. The van der Waals surface area contributed by atoms with Gasteiger partial charge in [-0.15, -0.1) is 0 Å². The number of nitrogens with zero attached hydrogens (tertiary/aromatic N) is 4. The molecule has 2 amide bonds. The predicted octanol–water partition coefficient (Wildman–Crippen LogP) is 4.40. The minimum Gasteiger partial charge on any atom is -0.482 e. The van der Waals surface area contributed by atoms with Crippen LogP contribution in [0.15, 0.2) is 42.6 Å². The van der Waals surface area contributed by atoms with Crippen molar-refractivity contribution < 1.29 is 9.53 Å². The van der Waals surface area contributed by atoms with E-state index in [0.29, 0.717) is 29.7 Å². The first-order valence-corrected chi connectivity index (χ1v) is 12.1. The number of aryl methyl sites for hydroxylation is 1. The van der Waals surface area contributed by atoms with Crippen molar-refractivity contribution in [2.24, 2.45) is 0 Å². The van der Waals surface area contributed by atoms with Crippen LogP contribution in [0, 0.1) is 0 Å². The highest BCUT2D eigenvalue weighted by molar-refractivity contribution is 6.31. The summed E-state index contributed by atoms with van der Waals surface area (Å²) in [6.45, 7) is 6.82. The average Bonchev–Trinajstić information content (AvgIpc) is 3.53. The maximum Gasteiger partial charge on any atom is 0.317 e. The number of rotatable bonds is 5. The molecule has 1 saturated heterocycles. The van der Waals surface area contributed by atoms with E-state index in [1.54, 1.807) is 6.20 Å². The van der Waals surface area contributed by atoms with Crippen molar-refractivity contribution in [3.8, 4) is 17.0 Å². The molecule has 1 aromatic carbocycles. The third kappa shape index (κ3) is 3.96. The quantitative estimate of drug-likeness (QED) is 0.564. The lowest BCUT2D eigenvalue weighted by atomic mass is 9.82. The number of nitrogens with two attached hydrogens (primary N) is 1. The second-order valence-electron chi connectivity index (χ2n) is 9.06. The SMILES string of the molecule is CCNC(=O)N1CCC2(CCn3nc(-c4cnc(N)c(O[C@H](C)c5ccccc5Cl)c4)cc32)C1. The molecule has 1 spiro atoms. The molecule has 0 aliphatic carbocycles. The van der Waals surface area contributed by atoms with Crippen LogP contribution in [0.5, 0.6) is 5.75 Å². The number of urea groups is 1. The minimum absolute atomic E-state index is 0.00901. The van der Waals surface area contributed by atoms with E-state index in [4.69, 9.17) is 27.2 Å². The first kappa shape index (κ1) is 22.5. The molecule has 9 heteroatoms. The van der Waals surface area contributed by atoms with E-state index in [1.807, 2.05) is 49.1 Å². The zero-order chi connectivity index (χ0) is 23.9. The van der Waals surface area contributed by atoms with Crippen LogP contribution in [0.2, 0.25) is 5.02 Å². The number of amides is 2. The van der Waals surface area contributed by atoms with E-state index in [0.717, 1.165) is 42.8 Å². The molecule has 0 saturated carbocycles. The smallest absolute Gasteiger partial charge is 0.317 e. The molecular formula is C25H29ClN6O2. The first-order chi connectivity index (χ1) is 16.4. The Morgan fingerprint density at radius 1 is 1.29 bits per heavy atom. The number of halogens is 1. The molecule has 3 N–H and O–H groups in total. The van der Waals surface area contributed by atoms with E-state index in [2.05, 4.69) is 21.0 Å². The molecule has 5 rings (SSSR count). The number of hydrogen-bond acceptors (Lipinski definition) is 5. The molecule has 1 fully saturated rings. The summed E-state index contributed by atoms with van der Waals surface area (Å²) in [4.78, 5) is 18.6. The summed E-state index contributed by atoms with van der Waals surface area (Å²) in [6, 6.07) is 11.6. The number of fused-ring (bicyclic) bond motifs is 2. The van der Waals surface area contributed by atoms with Gasteiger partial charge in [-0.25, -0.2) is 9.78 Å². The van der Waals surface area contributed by atoms with Gasteiger partial charge in [-0.1, -0.05) is 29.8 Å². The van der Waals surface area contributed by atoms with Gasteiger partial charge in [0, 0.05) is 59.6 Å². The first-order valence-electron chi connectivity index (χ1n) is 11.7. The summed E-state index contributed by atoms with van der Waals surface area (Å²) in [6.07, 6.45) is 3.37. The predicted molar refractivity (Wildman–Crippen MR) is 132 cm³/mol. The number of carbonyl (C=O) groups is 1. The Morgan fingerprint density at radius 3 is 2.88 bits per heavy atom. The van der Waals surface area contributed by atoms with Crippen LogP contribution < -0.4 is 15.8 Å². The van der Waals surface area contributed by atoms with Crippen molar-refractivity contribution in [2.75, 3.05) is 25.4 Å². The molecule has 2 aliphatic rings. The highest BCUT2D eigenvalue weighted by Gasteiger charge is 2.46. The normalized spacial score (nSPS) is 19.9. The minimum atomic E-state index is -0.290. The van der Waals surface area contributed by atoms with Gasteiger partial charge in [0.05, 0.1) is 5.69 Å². The Balaban J connectivity index is 1.39. The number of aromatic nitrogens is 3. The van der Waals surface area contributed by atoms with Crippen LogP contribution >= 0.6 is 11.6 Å². The number of likely N-dealkylation sites (tertiary alicyclic amines) is 1. The number of anilines is 1. The monoisotopic (exact) mass is 480 g/mol. The number of nitrogens with one attached hydrogen (secondary N) is 1. The van der Waals surface area contributed by atoms with Gasteiger partial charge in [-0.3, -0.25) is 4.68 Å². The van der Waals surface area contributed by atoms with Crippen molar-refractivity contribution in [3.05, 3.63) is 58.9 Å². The summed E-state index contributed by atoms with van der Waals surface area (Å²) in [5.41, 5.74) is 9.81. The van der Waals surface area contributed by atoms with Crippen molar-refractivity contribution in [2.45, 2.75) is 44.8 Å². The zero-order valence-electron chi connectivity index (χ0n) is 19.4. The molecule has 178 valence electrons. The van der Waals surface area contributed by atoms with Gasteiger partial charge in [0.15, 0.2) is 11.6 Å². The van der Waals surface area contributed by atoms with Crippen LogP contribution in [-0.4, -0.2) is 45.3 Å². The summed E-state index contributed by atoms with van der Waals surface area (Å²) in [5.74, 6) is 0.815. The lowest BCUT2D eigenvalue weighted by Crippen LogP contribution is -2.40.